The Morgan fingerprint density at radius 1 is 1.33 bits per heavy atom. The van der Waals surface area contributed by atoms with Crippen molar-refractivity contribution in [2.24, 2.45) is 0 Å². The largest absolute Gasteiger partial charge is 0.478 e. The quantitative estimate of drug-likeness (QED) is 0.796. The van der Waals surface area contributed by atoms with Gasteiger partial charge in [0.1, 0.15) is 0 Å². The van der Waals surface area contributed by atoms with Crippen LogP contribution in [0.2, 0.25) is 0 Å². The number of hydrogen-bond acceptors (Lipinski definition) is 2. The van der Waals surface area contributed by atoms with Gasteiger partial charge in [-0.3, -0.25) is 0 Å². The van der Waals surface area contributed by atoms with Gasteiger partial charge in [0.2, 0.25) is 0 Å². The van der Waals surface area contributed by atoms with Crippen molar-refractivity contribution in [3.8, 4) is 0 Å². The van der Waals surface area contributed by atoms with E-state index in [-0.39, 0.29) is 5.69 Å². The third kappa shape index (κ3) is 4.00. The molecule has 1 aliphatic carbocycles. The van der Waals surface area contributed by atoms with Crippen molar-refractivity contribution in [3.05, 3.63) is 41.0 Å². The summed E-state index contributed by atoms with van der Waals surface area (Å²) in [6, 6.07) is 3.20. The summed E-state index contributed by atoms with van der Waals surface area (Å²) in [7, 11) is 0. The number of nitrogens with one attached hydrogen (secondary N) is 1. The first kappa shape index (κ1) is 15.4. The van der Waals surface area contributed by atoms with Crippen LogP contribution in [0.3, 0.4) is 0 Å². The van der Waals surface area contributed by atoms with Gasteiger partial charge in [-0.15, -0.1) is 0 Å². The highest BCUT2D eigenvalue weighted by Gasteiger charge is 2.35. The lowest BCUT2D eigenvalue weighted by Crippen LogP contribution is -2.14. The van der Waals surface area contributed by atoms with Gasteiger partial charge in [0.25, 0.3) is 0 Å². The molecule has 0 saturated carbocycles. The summed E-state index contributed by atoms with van der Waals surface area (Å²) in [6.45, 7) is 0.537. The fraction of sp³-hybridized carbons (Fsp3) is 0.400. The average molecular weight is 299 g/mol. The summed E-state index contributed by atoms with van der Waals surface area (Å²) in [4.78, 5) is 10.8. The number of benzene rings is 1. The molecule has 114 valence electrons. The summed E-state index contributed by atoms with van der Waals surface area (Å²) in [5.41, 5.74) is -0.252. The number of aromatic carboxylic acids is 1. The maximum absolute atomic E-state index is 12.9. The predicted octanol–water partition coefficient (Wildman–Crippen LogP) is 4.32. The minimum Gasteiger partial charge on any atom is -0.478 e. The third-order valence-electron chi connectivity index (χ3n) is 3.47. The third-order valence-corrected chi connectivity index (χ3v) is 3.47. The van der Waals surface area contributed by atoms with E-state index < -0.39 is 23.3 Å². The van der Waals surface area contributed by atoms with Gasteiger partial charge in [-0.1, -0.05) is 11.6 Å². The fourth-order valence-corrected chi connectivity index (χ4v) is 2.41. The standard InChI is InChI=1S/C15H16F3NO2/c16-15(17,18)13-9-11(5-6-12(13)14(20)21)19-8-7-10-3-1-2-4-10/h3,5-6,9,19H,1-2,4,7-8H2,(H,20,21). The lowest BCUT2D eigenvalue weighted by Gasteiger charge is -2.13. The van der Waals surface area contributed by atoms with Gasteiger partial charge in [-0.05, 0) is 43.9 Å². The molecule has 0 unspecified atom stereocenters. The number of anilines is 1. The zero-order valence-corrected chi connectivity index (χ0v) is 11.3. The lowest BCUT2D eigenvalue weighted by molar-refractivity contribution is -0.138. The normalized spacial score (nSPS) is 14.9. The van der Waals surface area contributed by atoms with Crippen LogP contribution in [-0.4, -0.2) is 17.6 Å². The fourth-order valence-electron chi connectivity index (χ4n) is 2.41. The Hall–Kier alpha value is -1.98. The number of rotatable bonds is 5. The van der Waals surface area contributed by atoms with Gasteiger partial charge in [0.05, 0.1) is 11.1 Å². The molecule has 3 nitrogen and oxygen atoms in total. The molecule has 6 heteroatoms. The van der Waals surface area contributed by atoms with Gasteiger partial charge < -0.3 is 10.4 Å². The molecule has 0 aromatic heterocycles. The molecule has 0 aliphatic heterocycles. The Labute approximate surface area is 120 Å². The SMILES string of the molecule is O=C(O)c1ccc(NCCC2=CCCC2)cc1C(F)(F)F. The molecule has 0 saturated heterocycles. The first-order valence-corrected chi connectivity index (χ1v) is 6.74. The van der Waals surface area contributed by atoms with E-state index in [0.29, 0.717) is 6.54 Å². The van der Waals surface area contributed by atoms with Gasteiger partial charge in [-0.25, -0.2) is 4.79 Å². The van der Waals surface area contributed by atoms with E-state index in [1.54, 1.807) is 0 Å². The zero-order chi connectivity index (χ0) is 15.5. The second kappa shape index (κ2) is 6.20. The second-order valence-electron chi connectivity index (χ2n) is 4.99. The van der Waals surface area contributed by atoms with E-state index in [0.717, 1.165) is 37.8 Å². The number of carboxylic acids is 1. The van der Waals surface area contributed by atoms with Crippen LogP contribution >= 0.6 is 0 Å². The van der Waals surface area contributed by atoms with Gasteiger partial charge in [-0.2, -0.15) is 13.2 Å². The summed E-state index contributed by atoms with van der Waals surface area (Å²) in [5.74, 6) is -1.58. The van der Waals surface area contributed by atoms with E-state index in [2.05, 4.69) is 11.4 Å². The molecular weight excluding hydrogens is 283 g/mol. The zero-order valence-electron chi connectivity index (χ0n) is 11.3. The maximum atomic E-state index is 12.9. The average Bonchev–Trinajstić information content (AvgIpc) is 2.90. The Balaban J connectivity index is 2.08. The number of hydrogen-bond donors (Lipinski definition) is 2. The molecule has 0 fully saturated rings. The van der Waals surface area contributed by atoms with E-state index in [9.17, 15) is 18.0 Å². The molecule has 1 aliphatic rings. The van der Waals surface area contributed by atoms with Crippen molar-refractivity contribution >= 4 is 11.7 Å². The van der Waals surface area contributed by atoms with Crippen molar-refractivity contribution in [2.45, 2.75) is 31.9 Å². The highest BCUT2D eigenvalue weighted by atomic mass is 19.4. The van der Waals surface area contributed by atoms with E-state index in [1.807, 2.05) is 0 Å². The summed E-state index contributed by atoms with van der Waals surface area (Å²) >= 11 is 0. The van der Waals surface area contributed by atoms with Crippen LogP contribution in [0.25, 0.3) is 0 Å². The number of alkyl halides is 3. The number of carbonyl (C=O) groups is 1. The first-order chi connectivity index (χ1) is 9.88. The van der Waals surface area contributed by atoms with Crippen molar-refractivity contribution in [2.75, 3.05) is 11.9 Å². The van der Waals surface area contributed by atoms with Crippen LogP contribution in [0, 0.1) is 0 Å². The van der Waals surface area contributed by atoms with Gasteiger partial charge in [0, 0.05) is 12.2 Å². The van der Waals surface area contributed by atoms with Crippen LogP contribution in [0.5, 0.6) is 0 Å². The van der Waals surface area contributed by atoms with Gasteiger partial charge in [0.15, 0.2) is 0 Å². The van der Waals surface area contributed by atoms with Crippen LogP contribution in [-0.2, 0) is 6.18 Å². The van der Waals surface area contributed by atoms with Crippen molar-refractivity contribution in [1.29, 1.82) is 0 Å². The summed E-state index contributed by atoms with van der Waals surface area (Å²) in [5, 5.41) is 11.7. The van der Waals surface area contributed by atoms with Crippen LogP contribution < -0.4 is 5.32 Å². The second-order valence-corrected chi connectivity index (χ2v) is 4.99. The summed E-state index contributed by atoms with van der Waals surface area (Å²) in [6.07, 6.45) is 1.53. The van der Waals surface area contributed by atoms with Crippen molar-refractivity contribution in [1.82, 2.24) is 0 Å². The Bertz CT molecular complexity index is 565. The molecule has 21 heavy (non-hydrogen) atoms. The Morgan fingerprint density at radius 2 is 2.10 bits per heavy atom. The topological polar surface area (TPSA) is 49.3 Å². The number of carboxylic acid groups (broad SMARTS) is 1. The van der Waals surface area contributed by atoms with Crippen LogP contribution in [0.15, 0.2) is 29.8 Å². The molecule has 1 aromatic rings. The highest BCUT2D eigenvalue weighted by molar-refractivity contribution is 5.90. The molecule has 0 atom stereocenters. The Kier molecular flexibility index (Phi) is 4.55. The van der Waals surface area contributed by atoms with E-state index >= 15 is 0 Å². The molecule has 2 rings (SSSR count). The van der Waals surface area contributed by atoms with E-state index in [4.69, 9.17) is 5.11 Å². The predicted molar refractivity (Wildman–Crippen MR) is 73.4 cm³/mol. The maximum Gasteiger partial charge on any atom is 0.417 e. The minimum atomic E-state index is -4.68. The molecule has 0 bridgehead atoms. The highest BCUT2D eigenvalue weighted by Crippen LogP contribution is 2.34. The Morgan fingerprint density at radius 3 is 2.67 bits per heavy atom. The smallest absolute Gasteiger partial charge is 0.417 e. The molecule has 0 amide bonds. The molecule has 2 N–H and O–H groups in total. The van der Waals surface area contributed by atoms with Crippen molar-refractivity contribution < 1.29 is 23.1 Å². The van der Waals surface area contributed by atoms with Crippen molar-refractivity contribution in [3.63, 3.8) is 0 Å². The minimum absolute atomic E-state index is 0.283. The van der Waals surface area contributed by atoms with Crippen LogP contribution in [0.1, 0.15) is 41.6 Å². The first-order valence-electron chi connectivity index (χ1n) is 6.74. The molecule has 0 spiro atoms. The molecular formula is C15H16F3NO2. The number of allylic oxidation sites excluding steroid dienone is 1. The molecule has 0 heterocycles. The van der Waals surface area contributed by atoms with Gasteiger partial charge >= 0.3 is 12.1 Å². The number of halogens is 3. The molecule has 0 radical (unpaired) electrons. The lowest BCUT2D eigenvalue weighted by atomic mass is 10.1. The van der Waals surface area contributed by atoms with E-state index in [1.165, 1.54) is 11.6 Å². The summed E-state index contributed by atoms with van der Waals surface area (Å²) < 4.78 is 38.6. The van der Waals surface area contributed by atoms with Crippen LogP contribution in [0.4, 0.5) is 18.9 Å². The molecule has 1 aromatic carbocycles. The monoisotopic (exact) mass is 299 g/mol.